The Morgan fingerprint density at radius 1 is 0.674 bits per heavy atom. The minimum atomic E-state index is -3.48. The molecular formula is C30H31Br3N4O4S2. The zero-order valence-electron chi connectivity index (χ0n) is 23.5. The Morgan fingerprint density at radius 3 is 1.79 bits per heavy atom. The van der Waals surface area contributed by atoms with E-state index in [1.54, 1.807) is 26.2 Å². The molecule has 0 saturated carbocycles. The highest BCUT2D eigenvalue weighted by Crippen LogP contribution is 2.37. The summed E-state index contributed by atoms with van der Waals surface area (Å²) in [4.78, 5) is 0. The Balaban J connectivity index is 0.000000165. The fraction of sp³-hybridized carbons (Fsp3) is 0.200. The number of alkyl halides is 1. The lowest BCUT2D eigenvalue weighted by molar-refractivity contribution is 0.453. The van der Waals surface area contributed by atoms with Crippen LogP contribution in [0.1, 0.15) is 22.3 Å². The van der Waals surface area contributed by atoms with Gasteiger partial charge in [-0.25, -0.2) is 0 Å². The van der Waals surface area contributed by atoms with Crippen molar-refractivity contribution in [3.05, 3.63) is 128 Å². The van der Waals surface area contributed by atoms with Gasteiger partial charge in [-0.1, -0.05) is 121 Å². The fourth-order valence-corrected chi connectivity index (χ4v) is 7.99. The smallest absolute Gasteiger partial charge is 0.271 e. The molecule has 4 aromatic rings. The molecule has 0 fully saturated rings. The maximum absolute atomic E-state index is 12.6. The summed E-state index contributed by atoms with van der Waals surface area (Å²) in [6.45, 7) is 1.10. The number of rotatable bonds is 3. The van der Waals surface area contributed by atoms with E-state index in [1.807, 2.05) is 72.8 Å². The Morgan fingerprint density at radius 2 is 1.21 bits per heavy atom. The second-order valence-corrected chi connectivity index (χ2v) is 15.7. The van der Waals surface area contributed by atoms with E-state index in [4.69, 9.17) is 0 Å². The number of hydrogen-bond donors (Lipinski definition) is 1. The summed E-state index contributed by atoms with van der Waals surface area (Å²) in [5.41, 5.74) is 5.63. The molecule has 0 aliphatic carbocycles. The van der Waals surface area contributed by atoms with E-state index in [9.17, 15) is 16.8 Å². The molecule has 6 rings (SSSR count). The number of hydrogen-bond acceptors (Lipinski definition) is 4. The molecule has 0 aromatic heterocycles. The van der Waals surface area contributed by atoms with E-state index in [0.717, 1.165) is 36.7 Å². The van der Waals surface area contributed by atoms with Gasteiger partial charge < -0.3 is 0 Å². The summed E-state index contributed by atoms with van der Waals surface area (Å²) >= 11 is 10.3. The van der Waals surface area contributed by atoms with E-state index in [2.05, 4.69) is 64.6 Å². The van der Waals surface area contributed by atoms with Gasteiger partial charge in [-0.05, 0) is 35.4 Å². The number of fused-ring (bicyclic) bond motifs is 2. The predicted molar refractivity (Wildman–Crippen MR) is 184 cm³/mol. The van der Waals surface area contributed by atoms with Gasteiger partial charge in [-0.15, -0.1) is 0 Å². The molecule has 1 N–H and O–H groups in total. The van der Waals surface area contributed by atoms with E-state index >= 15 is 0 Å². The molecule has 0 radical (unpaired) electrons. The van der Waals surface area contributed by atoms with Crippen LogP contribution in [0.5, 0.6) is 0 Å². The van der Waals surface area contributed by atoms with Crippen molar-refractivity contribution >= 4 is 79.6 Å². The zero-order chi connectivity index (χ0) is 31.2. The highest BCUT2D eigenvalue weighted by molar-refractivity contribution is 9.10. The van der Waals surface area contributed by atoms with Crippen LogP contribution in [0.3, 0.4) is 0 Å². The lowest BCUT2D eigenvalue weighted by Gasteiger charge is -2.36. The maximum Gasteiger partial charge on any atom is 0.304 e. The second kappa shape index (κ2) is 14.7. The van der Waals surface area contributed by atoms with Crippen LogP contribution in [0.25, 0.3) is 0 Å². The molecule has 2 aliphatic heterocycles. The maximum atomic E-state index is 12.6. The predicted octanol–water partition coefficient (Wildman–Crippen LogP) is 7.28. The zero-order valence-corrected chi connectivity index (χ0v) is 29.9. The van der Waals surface area contributed by atoms with Gasteiger partial charge >= 0.3 is 20.4 Å². The van der Waals surface area contributed by atoms with Crippen LogP contribution in [-0.4, -0.2) is 39.5 Å². The standard InChI is InChI=1S/C15H15BrN2O2S.C8H9BrN2O2S.C7H7Br/c1-17-11-13-14(16)8-5-9-15(13)18(21(17,19)20)10-12-6-3-2-4-7-12;1-11-5-6-7(9)3-2-4-8(6)10-14(11,12)13;8-6-7-4-2-1-3-5-7/h2-9H,10-11H2,1H3;2-4,10H,5H2,1H3;1-5H,6H2. The molecule has 4 aromatic carbocycles. The van der Waals surface area contributed by atoms with Crippen LogP contribution in [-0.2, 0) is 45.4 Å². The lowest BCUT2D eigenvalue weighted by Crippen LogP contribution is -2.45. The van der Waals surface area contributed by atoms with E-state index < -0.39 is 20.4 Å². The quantitative estimate of drug-likeness (QED) is 0.221. The van der Waals surface area contributed by atoms with Crippen molar-refractivity contribution in [2.24, 2.45) is 0 Å². The van der Waals surface area contributed by atoms with E-state index in [0.29, 0.717) is 25.3 Å². The van der Waals surface area contributed by atoms with Gasteiger partial charge in [0.1, 0.15) is 0 Å². The van der Waals surface area contributed by atoms with Crippen LogP contribution in [0.15, 0.2) is 106 Å². The average Bonchev–Trinajstić information content (AvgIpc) is 2.99. The summed E-state index contributed by atoms with van der Waals surface area (Å²) in [6, 6.07) is 31.0. The average molecular weight is 815 g/mol. The van der Waals surface area contributed by atoms with Crippen molar-refractivity contribution in [1.82, 2.24) is 8.61 Å². The van der Waals surface area contributed by atoms with Crippen molar-refractivity contribution in [2.45, 2.75) is 25.0 Å². The van der Waals surface area contributed by atoms with Crippen LogP contribution < -0.4 is 9.03 Å². The molecule has 0 amide bonds. The molecule has 0 bridgehead atoms. The van der Waals surface area contributed by atoms with Crippen molar-refractivity contribution in [1.29, 1.82) is 0 Å². The van der Waals surface area contributed by atoms with Gasteiger partial charge in [0.25, 0.3) is 0 Å². The van der Waals surface area contributed by atoms with Crippen LogP contribution in [0, 0.1) is 0 Å². The minimum Gasteiger partial charge on any atom is -0.271 e. The lowest BCUT2D eigenvalue weighted by atomic mass is 10.1. The molecule has 2 heterocycles. The van der Waals surface area contributed by atoms with Gasteiger partial charge in [0.15, 0.2) is 0 Å². The monoisotopic (exact) mass is 812 g/mol. The van der Waals surface area contributed by atoms with Crippen molar-refractivity contribution in [3.8, 4) is 0 Å². The first-order valence-electron chi connectivity index (χ1n) is 13.1. The van der Waals surface area contributed by atoms with Gasteiger partial charge in [-0.2, -0.15) is 25.4 Å². The molecule has 43 heavy (non-hydrogen) atoms. The normalized spacial score (nSPS) is 16.7. The van der Waals surface area contributed by atoms with Crippen molar-refractivity contribution in [2.75, 3.05) is 23.1 Å². The van der Waals surface area contributed by atoms with Gasteiger partial charge in [0.2, 0.25) is 0 Å². The van der Waals surface area contributed by atoms with Gasteiger partial charge in [0, 0.05) is 52.6 Å². The molecular weight excluding hydrogens is 784 g/mol. The Hall–Kier alpha value is -2.26. The van der Waals surface area contributed by atoms with Gasteiger partial charge in [0.05, 0.1) is 17.9 Å². The molecule has 2 aliphatic rings. The minimum absolute atomic E-state index is 0.330. The van der Waals surface area contributed by atoms with Crippen LogP contribution in [0.4, 0.5) is 11.4 Å². The highest BCUT2D eigenvalue weighted by atomic mass is 79.9. The summed E-state index contributed by atoms with van der Waals surface area (Å²) in [6.07, 6.45) is 0. The number of nitrogens with zero attached hydrogens (tertiary/aromatic N) is 3. The van der Waals surface area contributed by atoms with E-state index in [1.165, 1.54) is 18.5 Å². The summed E-state index contributed by atoms with van der Waals surface area (Å²) in [5.74, 6) is 0. The molecule has 228 valence electrons. The highest BCUT2D eigenvalue weighted by Gasteiger charge is 2.35. The topological polar surface area (TPSA) is 90.0 Å². The third-order valence-corrected chi connectivity index (χ3v) is 12.1. The second-order valence-electron chi connectivity index (χ2n) is 9.74. The van der Waals surface area contributed by atoms with Crippen molar-refractivity contribution < 1.29 is 16.8 Å². The molecule has 0 unspecified atom stereocenters. The fourth-order valence-electron chi connectivity index (χ4n) is 4.36. The largest absolute Gasteiger partial charge is 0.304 e. The molecule has 0 atom stereocenters. The van der Waals surface area contributed by atoms with Crippen LogP contribution >= 0.6 is 47.8 Å². The number of halogens is 3. The SMILES string of the molecule is BrCc1ccccc1.CN1Cc2c(Br)cccc2N(Cc2ccccc2)S1(=O)=O.CN1Cc2c(Br)cccc2NS1(=O)=O. The Labute approximate surface area is 279 Å². The molecule has 0 spiro atoms. The Bertz CT molecular complexity index is 1760. The molecule has 8 nitrogen and oxygen atoms in total. The van der Waals surface area contributed by atoms with E-state index in [-0.39, 0.29) is 0 Å². The third-order valence-electron chi connectivity index (χ3n) is 6.73. The van der Waals surface area contributed by atoms with Crippen molar-refractivity contribution in [3.63, 3.8) is 0 Å². The number of benzene rings is 4. The first kappa shape index (κ1) is 33.6. The molecule has 0 saturated heterocycles. The number of nitrogens with one attached hydrogen (secondary N) is 1. The first-order chi connectivity index (χ1) is 20.4. The Kier molecular flexibility index (Phi) is 11.5. The van der Waals surface area contributed by atoms with Crippen LogP contribution in [0.2, 0.25) is 0 Å². The summed E-state index contributed by atoms with van der Waals surface area (Å²) in [5, 5.41) is 0.952. The molecule has 13 heteroatoms. The first-order valence-corrected chi connectivity index (χ1v) is 18.6. The third kappa shape index (κ3) is 8.27. The van der Waals surface area contributed by atoms with Gasteiger partial charge in [-0.3, -0.25) is 9.03 Å². The number of anilines is 2. The summed E-state index contributed by atoms with van der Waals surface area (Å²) in [7, 11) is -3.66. The summed E-state index contributed by atoms with van der Waals surface area (Å²) < 4.78 is 56.6.